The zero-order valence-electron chi connectivity index (χ0n) is 11.9. The van der Waals surface area contributed by atoms with Gasteiger partial charge in [-0.25, -0.2) is 4.79 Å². The summed E-state index contributed by atoms with van der Waals surface area (Å²) in [6, 6.07) is 5.62. The van der Waals surface area contributed by atoms with Crippen LogP contribution in [0.1, 0.15) is 49.8 Å². The van der Waals surface area contributed by atoms with E-state index in [1.54, 1.807) is 0 Å². The van der Waals surface area contributed by atoms with Crippen molar-refractivity contribution in [3.8, 4) is 5.75 Å². The van der Waals surface area contributed by atoms with Crippen molar-refractivity contribution in [1.82, 2.24) is 0 Å². The van der Waals surface area contributed by atoms with Crippen LogP contribution in [0, 0.1) is 0 Å². The highest BCUT2D eigenvalue weighted by Crippen LogP contribution is 2.35. The van der Waals surface area contributed by atoms with Gasteiger partial charge in [0.15, 0.2) is 6.61 Å². The predicted molar refractivity (Wildman–Crippen MR) is 75.7 cm³/mol. The fraction of sp³-hybridized carbons (Fsp3) is 0.562. The molecule has 0 heterocycles. The van der Waals surface area contributed by atoms with Crippen LogP contribution in [-0.2, 0) is 16.0 Å². The summed E-state index contributed by atoms with van der Waals surface area (Å²) in [5, 5.41) is 9.96. The Balaban J connectivity index is 1.93. The smallest absolute Gasteiger partial charge is 0.344 e. The van der Waals surface area contributed by atoms with Gasteiger partial charge in [0.05, 0.1) is 12.7 Å². The van der Waals surface area contributed by atoms with Gasteiger partial charge in [-0.3, -0.25) is 0 Å². The van der Waals surface area contributed by atoms with E-state index >= 15 is 0 Å². The highest BCUT2D eigenvalue weighted by molar-refractivity contribution is 5.71. The van der Waals surface area contributed by atoms with Crippen LogP contribution in [0.2, 0.25) is 0 Å². The zero-order chi connectivity index (χ0) is 14.4. The van der Waals surface area contributed by atoms with Crippen molar-refractivity contribution in [1.29, 1.82) is 0 Å². The molecule has 20 heavy (non-hydrogen) atoms. The molecule has 0 aromatic heterocycles. The molecule has 1 aliphatic rings. The van der Waals surface area contributed by atoms with E-state index in [1.165, 1.54) is 0 Å². The Morgan fingerprint density at radius 2 is 2.30 bits per heavy atom. The van der Waals surface area contributed by atoms with Gasteiger partial charge in [-0.1, -0.05) is 25.5 Å². The minimum Gasteiger partial charge on any atom is -0.482 e. The third kappa shape index (κ3) is 3.73. The van der Waals surface area contributed by atoms with E-state index in [0.717, 1.165) is 43.2 Å². The van der Waals surface area contributed by atoms with Crippen molar-refractivity contribution < 1.29 is 19.4 Å². The van der Waals surface area contributed by atoms with Crippen LogP contribution < -0.4 is 4.74 Å². The molecule has 0 saturated heterocycles. The standard InChI is InChI=1S/C16H22O4/c1-2-3-10-19-16(18)11-20-15-9-5-6-12-13(15)7-4-8-14(12)17/h5-6,9,14,17H,2-4,7-8,10-11H2,1H3. The molecule has 0 aliphatic heterocycles. The van der Waals surface area contributed by atoms with Crippen LogP contribution in [0.15, 0.2) is 18.2 Å². The van der Waals surface area contributed by atoms with E-state index in [-0.39, 0.29) is 12.6 Å². The van der Waals surface area contributed by atoms with Crippen molar-refractivity contribution in [3.63, 3.8) is 0 Å². The largest absolute Gasteiger partial charge is 0.482 e. The second kappa shape index (κ2) is 7.29. The van der Waals surface area contributed by atoms with Crippen LogP contribution in [0.4, 0.5) is 0 Å². The topological polar surface area (TPSA) is 55.8 Å². The number of hydrogen-bond acceptors (Lipinski definition) is 4. The number of hydrogen-bond donors (Lipinski definition) is 1. The highest BCUT2D eigenvalue weighted by atomic mass is 16.6. The summed E-state index contributed by atoms with van der Waals surface area (Å²) in [5.41, 5.74) is 1.95. The van der Waals surface area contributed by atoms with Crippen LogP contribution in [0.5, 0.6) is 5.75 Å². The number of aliphatic hydroxyl groups excluding tert-OH is 1. The first kappa shape index (κ1) is 14.9. The molecule has 2 rings (SSSR count). The minimum atomic E-state index is -0.418. The third-order valence-electron chi connectivity index (χ3n) is 3.54. The van der Waals surface area contributed by atoms with E-state index in [9.17, 15) is 9.90 Å². The second-order valence-electron chi connectivity index (χ2n) is 5.09. The lowest BCUT2D eigenvalue weighted by Gasteiger charge is -2.23. The molecular formula is C16H22O4. The summed E-state index contributed by atoms with van der Waals surface area (Å²) < 4.78 is 10.6. The number of unbranched alkanes of at least 4 members (excludes halogenated alkanes) is 1. The summed E-state index contributed by atoms with van der Waals surface area (Å²) in [5.74, 6) is 0.348. The molecule has 0 saturated carbocycles. The Morgan fingerprint density at radius 3 is 3.10 bits per heavy atom. The molecule has 110 valence electrons. The van der Waals surface area contributed by atoms with E-state index in [1.807, 2.05) is 25.1 Å². The molecule has 0 fully saturated rings. The minimum absolute atomic E-state index is 0.0732. The summed E-state index contributed by atoms with van der Waals surface area (Å²) in [6.07, 6.45) is 4.06. The summed E-state index contributed by atoms with van der Waals surface area (Å²) in [7, 11) is 0. The van der Waals surface area contributed by atoms with Gasteiger partial charge in [-0.05, 0) is 42.9 Å². The van der Waals surface area contributed by atoms with E-state index in [2.05, 4.69) is 0 Å². The SMILES string of the molecule is CCCCOC(=O)COc1cccc2c1CCCC2O. The average molecular weight is 278 g/mol. The maximum atomic E-state index is 11.5. The molecule has 1 unspecified atom stereocenters. The van der Waals surface area contributed by atoms with Gasteiger partial charge in [0.25, 0.3) is 0 Å². The number of carbonyl (C=O) groups is 1. The molecule has 0 amide bonds. The Kier molecular flexibility index (Phi) is 5.41. The maximum Gasteiger partial charge on any atom is 0.344 e. The van der Waals surface area contributed by atoms with Crippen LogP contribution >= 0.6 is 0 Å². The number of fused-ring (bicyclic) bond motifs is 1. The Labute approximate surface area is 119 Å². The first-order valence-corrected chi connectivity index (χ1v) is 7.30. The molecule has 1 aliphatic carbocycles. The van der Waals surface area contributed by atoms with E-state index in [0.29, 0.717) is 12.4 Å². The highest BCUT2D eigenvalue weighted by Gasteiger charge is 2.21. The van der Waals surface area contributed by atoms with Crippen molar-refractivity contribution in [3.05, 3.63) is 29.3 Å². The fourth-order valence-electron chi connectivity index (χ4n) is 2.43. The van der Waals surface area contributed by atoms with E-state index in [4.69, 9.17) is 9.47 Å². The first-order chi connectivity index (χ1) is 9.72. The molecular weight excluding hydrogens is 256 g/mol. The zero-order valence-corrected chi connectivity index (χ0v) is 11.9. The number of carbonyl (C=O) groups excluding carboxylic acids is 1. The number of esters is 1. The van der Waals surface area contributed by atoms with E-state index < -0.39 is 6.10 Å². The molecule has 4 nitrogen and oxygen atoms in total. The van der Waals surface area contributed by atoms with Crippen LogP contribution in [0.3, 0.4) is 0 Å². The van der Waals surface area contributed by atoms with Gasteiger partial charge in [0.2, 0.25) is 0 Å². The molecule has 0 radical (unpaired) electrons. The Bertz CT molecular complexity index is 456. The monoisotopic (exact) mass is 278 g/mol. The number of aliphatic hydroxyl groups is 1. The van der Waals surface area contributed by atoms with Gasteiger partial charge in [0.1, 0.15) is 5.75 Å². The van der Waals surface area contributed by atoms with Gasteiger partial charge >= 0.3 is 5.97 Å². The maximum absolute atomic E-state index is 11.5. The van der Waals surface area contributed by atoms with Crippen LogP contribution in [-0.4, -0.2) is 24.3 Å². The molecule has 1 aromatic carbocycles. The Hall–Kier alpha value is -1.55. The molecule has 0 spiro atoms. The molecule has 1 N–H and O–H groups in total. The normalized spacial score (nSPS) is 17.4. The van der Waals surface area contributed by atoms with Gasteiger partial charge in [-0.15, -0.1) is 0 Å². The van der Waals surface area contributed by atoms with Crippen molar-refractivity contribution >= 4 is 5.97 Å². The third-order valence-corrected chi connectivity index (χ3v) is 3.54. The van der Waals surface area contributed by atoms with Crippen LogP contribution in [0.25, 0.3) is 0 Å². The molecule has 1 atom stereocenters. The second-order valence-corrected chi connectivity index (χ2v) is 5.09. The molecule has 1 aromatic rings. The van der Waals surface area contributed by atoms with Crippen molar-refractivity contribution in [2.45, 2.75) is 45.1 Å². The van der Waals surface area contributed by atoms with Crippen molar-refractivity contribution in [2.75, 3.05) is 13.2 Å². The van der Waals surface area contributed by atoms with Gasteiger partial charge < -0.3 is 14.6 Å². The van der Waals surface area contributed by atoms with Gasteiger partial charge in [-0.2, -0.15) is 0 Å². The van der Waals surface area contributed by atoms with Crippen molar-refractivity contribution in [2.24, 2.45) is 0 Å². The fourth-order valence-corrected chi connectivity index (χ4v) is 2.43. The quantitative estimate of drug-likeness (QED) is 0.642. The first-order valence-electron chi connectivity index (χ1n) is 7.30. The van der Waals surface area contributed by atoms with Gasteiger partial charge in [0, 0.05) is 0 Å². The number of ether oxygens (including phenoxy) is 2. The Morgan fingerprint density at radius 1 is 1.45 bits per heavy atom. The average Bonchev–Trinajstić information content (AvgIpc) is 2.46. The summed E-state index contributed by atoms with van der Waals surface area (Å²) in [4.78, 5) is 11.5. The number of benzene rings is 1. The lowest BCUT2D eigenvalue weighted by atomic mass is 9.89. The lowest BCUT2D eigenvalue weighted by Crippen LogP contribution is -2.17. The summed E-state index contributed by atoms with van der Waals surface area (Å²) >= 11 is 0. The lowest BCUT2D eigenvalue weighted by molar-refractivity contribution is -0.146. The predicted octanol–water partition coefficient (Wildman–Crippen LogP) is 2.78. The summed E-state index contributed by atoms with van der Waals surface area (Å²) in [6.45, 7) is 2.42. The molecule has 4 heteroatoms. The number of rotatable bonds is 6. The molecule has 0 bridgehead atoms.